The highest BCUT2D eigenvalue weighted by Crippen LogP contribution is 2.41. The van der Waals surface area contributed by atoms with Gasteiger partial charge in [0.2, 0.25) is 0 Å². The standard InChI is InChI=1S/C11H20O2/c1-8-4-5-11(3,9(2)7-12)10(13)6-8/h6,9-10,12-13H,4-5,7H2,1-3H3/t9-,10+,11+/m1/s1. The molecule has 0 saturated heterocycles. The first-order chi connectivity index (χ1) is 6.00. The fourth-order valence-electron chi connectivity index (χ4n) is 1.90. The van der Waals surface area contributed by atoms with E-state index in [1.54, 1.807) is 0 Å². The average molecular weight is 184 g/mol. The fraction of sp³-hybridized carbons (Fsp3) is 0.818. The van der Waals surface area contributed by atoms with Gasteiger partial charge in [-0.05, 0) is 25.7 Å². The van der Waals surface area contributed by atoms with Crippen LogP contribution in [0.5, 0.6) is 0 Å². The third kappa shape index (κ3) is 1.94. The summed E-state index contributed by atoms with van der Waals surface area (Å²) in [6, 6.07) is 0. The lowest BCUT2D eigenvalue weighted by Crippen LogP contribution is -2.40. The summed E-state index contributed by atoms with van der Waals surface area (Å²) in [4.78, 5) is 0. The Morgan fingerprint density at radius 1 is 1.69 bits per heavy atom. The number of hydrogen-bond acceptors (Lipinski definition) is 2. The Morgan fingerprint density at radius 2 is 2.31 bits per heavy atom. The number of hydrogen-bond donors (Lipinski definition) is 2. The van der Waals surface area contributed by atoms with Crippen LogP contribution in [0.1, 0.15) is 33.6 Å². The molecule has 0 bridgehead atoms. The molecule has 2 N–H and O–H groups in total. The molecule has 0 amide bonds. The Kier molecular flexibility index (Phi) is 3.14. The second kappa shape index (κ2) is 3.81. The molecule has 0 spiro atoms. The molecule has 1 aliphatic rings. The Labute approximate surface area is 80.3 Å². The van der Waals surface area contributed by atoms with Crippen molar-refractivity contribution in [2.45, 2.75) is 39.7 Å². The summed E-state index contributed by atoms with van der Waals surface area (Å²) < 4.78 is 0. The van der Waals surface area contributed by atoms with E-state index < -0.39 is 6.10 Å². The summed E-state index contributed by atoms with van der Waals surface area (Å²) in [6.45, 7) is 6.26. The van der Waals surface area contributed by atoms with Crippen LogP contribution in [0.4, 0.5) is 0 Å². The van der Waals surface area contributed by atoms with E-state index in [9.17, 15) is 5.11 Å². The summed E-state index contributed by atoms with van der Waals surface area (Å²) in [5.74, 6) is 0.159. The van der Waals surface area contributed by atoms with Crippen molar-refractivity contribution < 1.29 is 10.2 Å². The molecule has 0 radical (unpaired) electrons. The summed E-state index contributed by atoms with van der Waals surface area (Å²) in [7, 11) is 0. The van der Waals surface area contributed by atoms with Crippen LogP contribution in [0.2, 0.25) is 0 Å². The van der Waals surface area contributed by atoms with Crippen molar-refractivity contribution in [3.63, 3.8) is 0 Å². The molecular weight excluding hydrogens is 164 g/mol. The van der Waals surface area contributed by atoms with Crippen LogP contribution < -0.4 is 0 Å². The van der Waals surface area contributed by atoms with Gasteiger partial charge in [-0.2, -0.15) is 0 Å². The molecule has 13 heavy (non-hydrogen) atoms. The maximum absolute atomic E-state index is 9.91. The number of rotatable bonds is 2. The molecule has 0 aromatic heterocycles. The molecule has 0 aliphatic heterocycles. The molecule has 2 nitrogen and oxygen atoms in total. The summed E-state index contributed by atoms with van der Waals surface area (Å²) >= 11 is 0. The first-order valence-corrected chi connectivity index (χ1v) is 4.97. The third-order valence-electron chi connectivity index (χ3n) is 3.58. The van der Waals surface area contributed by atoms with E-state index in [1.165, 1.54) is 5.57 Å². The van der Waals surface area contributed by atoms with E-state index in [-0.39, 0.29) is 17.9 Å². The highest BCUT2D eigenvalue weighted by Gasteiger charge is 2.38. The van der Waals surface area contributed by atoms with E-state index in [4.69, 9.17) is 5.11 Å². The molecule has 0 aromatic carbocycles. The lowest BCUT2D eigenvalue weighted by atomic mass is 9.67. The maximum atomic E-state index is 9.91. The van der Waals surface area contributed by atoms with E-state index in [0.29, 0.717) is 0 Å². The zero-order valence-corrected chi connectivity index (χ0v) is 8.75. The summed E-state index contributed by atoms with van der Waals surface area (Å²) in [5, 5.41) is 19.0. The van der Waals surface area contributed by atoms with Gasteiger partial charge in [-0.3, -0.25) is 0 Å². The quantitative estimate of drug-likeness (QED) is 0.641. The van der Waals surface area contributed by atoms with Gasteiger partial charge < -0.3 is 10.2 Å². The maximum Gasteiger partial charge on any atom is 0.0780 e. The smallest absolute Gasteiger partial charge is 0.0780 e. The monoisotopic (exact) mass is 184 g/mol. The van der Waals surface area contributed by atoms with Crippen molar-refractivity contribution in [1.29, 1.82) is 0 Å². The van der Waals surface area contributed by atoms with Crippen LogP contribution in [0, 0.1) is 11.3 Å². The molecule has 0 aromatic rings. The minimum Gasteiger partial charge on any atom is -0.396 e. The first-order valence-electron chi connectivity index (χ1n) is 4.97. The van der Waals surface area contributed by atoms with E-state index in [2.05, 4.69) is 6.92 Å². The van der Waals surface area contributed by atoms with Crippen molar-refractivity contribution in [1.82, 2.24) is 0 Å². The predicted molar refractivity (Wildman–Crippen MR) is 53.4 cm³/mol. The van der Waals surface area contributed by atoms with Gasteiger partial charge >= 0.3 is 0 Å². The van der Waals surface area contributed by atoms with Gasteiger partial charge in [-0.1, -0.05) is 25.5 Å². The van der Waals surface area contributed by atoms with Gasteiger partial charge in [0, 0.05) is 12.0 Å². The molecule has 0 fully saturated rings. The molecule has 0 heterocycles. The largest absolute Gasteiger partial charge is 0.396 e. The van der Waals surface area contributed by atoms with Gasteiger partial charge in [0.05, 0.1) is 6.10 Å². The van der Waals surface area contributed by atoms with Gasteiger partial charge in [-0.25, -0.2) is 0 Å². The van der Waals surface area contributed by atoms with Crippen LogP contribution in [0.15, 0.2) is 11.6 Å². The first kappa shape index (κ1) is 10.7. The highest BCUT2D eigenvalue weighted by molar-refractivity contribution is 5.12. The Bertz CT molecular complexity index is 210. The summed E-state index contributed by atoms with van der Waals surface area (Å²) in [5.41, 5.74) is 1.11. The molecule has 2 heteroatoms. The van der Waals surface area contributed by atoms with Crippen molar-refractivity contribution in [3.05, 3.63) is 11.6 Å². The number of aliphatic hydroxyl groups is 2. The fourth-order valence-corrected chi connectivity index (χ4v) is 1.90. The molecular formula is C11H20O2. The minimum absolute atomic E-state index is 0.145. The van der Waals surface area contributed by atoms with Gasteiger partial charge in [-0.15, -0.1) is 0 Å². The molecule has 76 valence electrons. The van der Waals surface area contributed by atoms with Crippen LogP contribution in [-0.2, 0) is 0 Å². The summed E-state index contributed by atoms with van der Waals surface area (Å²) in [6.07, 6.45) is 3.54. The zero-order chi connectivity index (χ0) is 10.1. The molecule has 1 rings (SSSR count). The van der Waals surface area contributed by atoms with Crippen LogP contribution >= 0.6 is 0 Å². The molecule has 1 aliphatic carbocycles. The number of aliphatic hydroxyl groups excluding tert-OH is 2. The van der Waals surface area contributed by atoms with Crippen molar-refractivity contribution in [3.8, 4) is 0 Å². The van der Waals surface area contributed by atoms with Crippen molar-refractivity contribution >= 4 is 0 Å². The van der Waals surface area contributed by atoms with Crippen LogP contribution in [0.25, 0.3) is 0 Å². The zero-order valence-electron chi connectivity index (χ0n) is 8.75. The molecule has 0 unspecified atom stereocenters. The lowest BCUT2D eigenvalue weighted by Gasteiger charge is -2.41. The van der Waals surface area contributed by atoms with Crippen molar-refractivity contribution in [2.75, 3.05) is 6.61 Å². The molecule has 3 atom stereocenters. The van der Waals surface area contributed by atoms with Gasteiger partial charge in [0.25, 0.3) is 0 Å². The second-order valence-electron chi connectivity index (χ2n) is 4.55. The van der Waals surface area contributed by atoms with Gasteiger partial charge in [0.15, 0.2) is 0 Å². The van der Waals surface area contributed by atoms with E-state index in [0.717, 1.165) is 12.8 Å². The van der Waals surface area contributed by atoms with Crippen molar-refractivity contribution in [2.24, 2.45) is 11.3 Å². The number of allylic oxidation sites excluding steroid dienone is 1. The highest BCUT2D eigenvalue weighted by atomic mass is 16.3. The Morgan fingerprint density at radius 3 is 2.77 bits per heavy atom. The SMILES string of the molecule is CC1=C[C@H](O)[C@](C)([C@H](C)CO)CC1. The normalized spacial score (nSPS) is 37.0. The minimum atomic E-state index is -0.400. The third-order valence-corrected chi connectivity index (χ3v) is 3.58. The Balaban J connectivity index is 2.81. The topological polar surface area (TPSA) is 40.5 Å². The molecule has 0 saturated carbocycles. The lowest BCUT2D eigenvalue weighted by molar-refractivity contribution is -0.00500. The second-order valence-corrected chi connectivity index (χ2v) is 4.55. The Hall–Kier alpha value is -0.340. The van der Waals surface area contributed by atoms with Crippen LogP contribution in [0.3, 0.4) is 0 Å². The average Bonchev–Trinajstić information content (AvgIpc) is 2.11. The van der Waals surface area contributed by atoms with Gasteiger partial charge in [0.1, 0.15) is 0 Å². The van der Waals surface area contributed by atoms with E-state index >= 15 is 0 Å². The predicted octanol–water partition coefficient (Wildman–Crippen LogP) is 1.72. The van der Waals surface area contributed by atoms with E-state index in [1.807, 2.05) is 19.9 Å². The van der Waals surface area contributed by atoms with Crippen LogP contribution in [-0.4, -0.2) is 22.9 Å².